The van der Waals surface area contributed by atoms with Crippen LogP contribution in [0.5, 0.6) is 0 Å². The molecule has 1 aromatic carbocycles. The number of nitrogens with one attached hydrogen (secondary N) is 1. The minimum absolute atomic E-state index is 0.0642. The average Bonchev–Trinajstić information content (AvgIpc) is 2.37. The summed E-state index contributed by atoms with van der Waals surface area (Å²) in [5.74, 6) is -0.363. The maximum Gasteiger partial charge on any atom is 0.262 e. The van der Waals surface area contributed by atoms with Gasteiger partial charge in [0.05, 0.1) is 10.6 Å². The summed E-state index contributed by atoms with van der Waals surface area (Å²) in [4.78, 5) is 15.9. The van der Waals surface area contributed by atoms with Gasteiger partial charge in [0, 0.05) is 28.3 Å². The standard InChI is InChI=1S/C13H10Cl2N2O3S/c1-8-10(3-2-6-16-8)13(18)17-9-4-5-12(11(14)7-9)21(15,19)20/h2-7H,1H3,(H,17,18). The van der Waals surface area contributed by atoms with Crippen molar-refractivity contribution in [2.24, 2.45) is 0 Å². The van der Waals surface area contributed by atoms with E-state index in [1.54, 1.807) is 25.3 Å². The van der Waals surface area contributed by atoms with E-state index in [9.17, 15) is 13.2 Å². The number of carbonyl (C=O) groups excluding carboxylic acids is 1. The van der Waals surface area contributed by atoms with Crippen molar-refractivity contribution in [1.29, 1.82) is 0 Å². The zero-order valence-corrected chi connectivity index (χ0v) is 13.1. The first-order chi connectivity index (χ1) is 9.79. The summed E-state index contributed by atoms with van der Waals surface area (Å²) in [5.41, 5.74) is 1.36. The molecule has 0 spiro atoms. The van der Waals surface area contributed by atoms with E-state index >= 15 is 0 Å². The fourth-order valence-electron chi connectivity index (χ4n) is 1.70. The number of rotatable bonds is 3. The van der Waals surface area contributed by atoms with Crippen molar-refractivity contribution in [3.05, 3.63) is 52.8 Å². The van der Waals surface area contributed by atoms with Gasteiger partial charge >= 0.3 is 0 Å². The number of halogens is 2. The highest BCUT2D eigenvalue weighted by Crippen LogP contribution is 2.27. The molecule has 8 heteroatoms. The predicted octanol–water partition coefficient (Wildman–Crippen LogP) is 3.22. The number of benzene rings is 1. The van der Waals surface area contributed by atoms with Gasteiger partial charge in [0.1, 0.15) is 4.90 Å². The molecule has 0 fully saturated rings. The van der Waals surface area contributed by atoms with E-state index in [4.69, 9.17) is 22.3 Å². The smallest absolute Gasteiger partial charge is 0.262 e. The molecule has 0 aliphatic carbocycles. The van der Waals surface area contributed by atoms with Crippen molar-refractivity contribution in [3.63, 3.8) is 0 Å². The molecule has 0 radical (unpaired) electrons. The average molecular weight is 345 g/mol. The lowest BCUT2D eigenvalue weighted by atomic mass is 10.2. The van der Waals surface area contributed by atoms with Crippen LogP contribution in [0.4, 0.5) is 5.69 Å². The van der Waals surface area contributed by atoms with Gasteiger partial charge < -0.3 is 5.32 Å². The molecule has 2 rings (SSSR count). The number of anilines is 1. The van der Waals surface area contributed by atoms with Crippen molar-refractivity contribution >= 4 is 42.9 Å². The summed E-state index contributed by atoms with van der Waals surface area (Å²) in [6, 6.07) is 7.25. The molecule has 0 unspecified atom stereocenters. The summed E-state index contributed by atoms with van der Waals surface area (Å²) >= 11 is 5.85. The SMILES string of the molecule is Cc1ncccc1C(=O)Nc1ccc(S(=O)(=O)Cl)c(Cl)c1. The van der Waals surface area contributed by atoms with Crippen molar-refractivity contribution in [3.8, 4) is 0 Å². The van der Waals surface area contributed by atoms with Gasteiger partial charge in [-0.3, -0.25) is 9.78 Å². The van der Waals surface area contributed by atoms with E-state index in [2.05, 4.69) is 10.3 Å². The molecule has 1 aromatic heterocycles. The van der Waals surface area contributed by atoms with Crippen LogP contribution < -0.4 is 5.32 Å². The third-order valence-electron chi connectivity index (χ3n) is 2.70. The third-order valence-corrected chi connectivity index (χ3v) is 4.51. The molecule has 0 saturated carbocycles. The van der Waals surface area contributed by atoms with E-state index in [1.165, 1.54) is 18.2 Å². The molecule has 1 heterocycles. The molecule has 0 atom stereocenters. The summed E-state index contributed by atoms with van der Waals surface area (Å²) in [7, 11) is 1.31. The van der Waals surface area contributed by atoms with Gasteiger partial charge in [-0.25, -0.2) is 8.42 Å². The lowest BCUT2D eigenvalue weighted by Crippen LogP contribution is -2.14. The highest BCUT2D eigenvalue weighted by Gasteiger charge is 2.16. The largest absolute Gasteiger partial charge is 0.322 e. The molecule has 21 heavy (non-hydrogen) atoms. The molecular weight excluding hydrogens is 335 g/mol. The highest BCUT2D eigenvalue weighted by molar-refractivity contribution is 8.13. The quantitative estimate of drug-likeness (QED) is 0.867. The topological polar surface area (TPSA) is 76.1 Å². The fourth-order valence-corrected chi connectivity index (χ4v) is 3.23. The molecule has 0 bridgehead atoms. The van der Waals surface area contributed by atoms with Gasteiger partial charge in [0.15, 0.2) is 0 Å². The first-order valence-electron chi connectivity index (χ1n) is 5.76. The van der Waals surface area contributed by atoms with E-state index in [-0.39, 0.29) is 15.8 Å². The number of aryl methyl sites for hydroxylation is 1. The summed E-state index contributed by atoms with van der Waals surface area (Å²) in [6.07, 6.45) is 1.59. The van der Waals surface area contributed by atoms with E-state index in [0.717, 1.165) is 0 Å². The van der Waals surface area contributed by atoms with Crippen molar-refractivity contribution in [2.45, 2.75) is 11.8 Å². The number of aromatic nitrogens is 1. The van der Waals surface area contributed by atoms with Crippen LogP contribution in [0.1, 0.15) is 16.1 Å². The lowest BCUT2D eigenvalue weighted by molar-refractivity contribution is 0.102. The first-order valence-corrected chi connectivity index (χ1v) is 8.45. The van der Waals surface area contributed by atoms with Crippen LogP contribution >= 0.6 is 22.3 Å². The molecule has 0 aliphatic rings. The Morgan fingerprint density at radius 1 is 1.29 bits per heavy atom. The highest BCUT2D eigenvalue weighted by atomic mass is 35.7. The van der Waals surface area contributed by atoms with E-state index in [1.807, 2.05) is 0 Å². The Labute approximate surface area is 131 Å². The molecular formula is C13H10Cl2N2O3S. The lowest BCUT2D eigenvalue weighted by Gasteiger charge is -2.08. The van der Waals surface area contributed by atoms with Gasteiger partial charge in [0.2, 0.25) is 0 Å². The Kier molecular flexibility index (Phi) is 4.51. The van der Waals surface area contributed by atoms with Gasteiger partial charge in [-0.05, 0) is 37.3 Å². The van der Waals surface area contributed by atoms with Gasteiger partial charge in [0.25, 0.3) is 15.0 Å². The zero-order valence-electron chi connectivity index (χ0n) is 10.8. The van der Waals surface area contributed by atoms with E-state index in [0.29, 0.717) is 16.9 Å². The normalized spacial score (nSPS) is 11.2. The molecule has 5 nitrogen and oxygen atoms in total. The van der Waals surface area contributed by atoms with Crippen molar-refractivity contribution < 1.29 is 13.2 Å². The minimum atomic E-state index is -3.92. The summed E-state index contributed by atoms with van der Waals surface area (Å²) in [6.45, 7) is 1.71. The van der Waals surface area contributed by atoms with Crippen LogP contribution in [-0.4, -0.2) is 19.3 Å². The van der Waals surface area contributed by atoms with Crippen LogP contribution in [-0.2, 0) is 9.05 Å². The Bertz CT molecular complexity index is 807. The third kappa shape index (κ3) is 3.72. The molecule has 2 aromatic rings. The van der Waals surface area contributed by atoms with Crippen molar-refractivity contribution in [2.75, 3.05) is 5.32 Å². The van der Waals surface area contributed by atoms with E-state index < -0.39 is 9.05 Å². The molecule has 0 saturated heterocycles. The number of hydrogen-bond donors (Lipinski definition) is 1. The van der Waals surface area contributed by atoms with Crippen LogP contribution in [0.2, 0.25) is 5.02 Å². The number of carbonyl (C=O) groups is 1. The number of amides is 1. The maximum atomic E-state index is 12.1. The Morgan fingerprint density at radius 3 is 2.57 bits per heavy atom. The van der Waals surface area contributed by atoms with Crippen LogP contribution in [0.15, 0.2) is 41.4 Å². The number of nitrogens with zero attached hydrogens (tertiary/aromatic N) is 1. The minimum Gasteiger partial charge on any atom is -0.322 e. The van der Waals surface area contributed by atoms with Crippen LogP contribution in [0.3, 0.4) is 0 Å². The molecule has 110 valence electrons. The molecule has 1 amide bonds. The second-order valence-electron chi connectivity index (χ2n) is 4.17. The van der Waals surface area contributed by atoms with Gasteiger partial charge in [-0.15, -0.1) is 0 Å². The molecule has 0 aliphatic heterocycles. The fraction of sp³-hybridized carbons (Fsp3) is 0.0769. The van der Waals surface area contributed by atoms with Crippen LogP contribution in [0.25, 0.3) is 0 Å². The number of hydrogen-bond acceptors (Lipinski definition) is 4. The Balaban J connectivity index is 2.27. The second-order valence-corrected chi connectivity index (χ2v) is 7.12. The van der Waals surface area contributed by atoms with Gasteiger partial charge in [-0.1, -0.05) is 11.6 Å². The summed E-state index contributed by atoms with van der Waals surface area (Å²) < 4.78 is 22.5. The monoisotopic (exact) mass is 344 g/mol. The molecule has 1 N–H and O–H groups in total. The maximum absolute atomic E-state index is 12.1. The van der Waals surface area contributed by atoms with Crippen molar-refractivity contribution in [1.82, 2.24) is 4.98 Å². The Hall–Kier alpha value is -1.63. The Morgan fingerprint density at radius 2 is 2.00 bits per heavy atom. The van der Waals surface area contributed by atoms with Gasteiger partial charge in [-0.2, -0.15) is 0 Å². The first kappa shape index (κ1) is 15.8. The number of pyridine rings is 1. The zero-order chi connectivity index (χ0) is 15.6. The second kappa shape index (κ2) is 6.01. The van der Waals surface area contributed by atoms with Crippen LogP contribution in [0, 0.1) is 6.92 Å². The predicted molar refractivity (Wildman–Crippen MR) is 81.4 cm³/mol. The summed E-state index contributed by atoms with van der Waals surface area (Å²) in [5, 5.41) is 2.55.